The van der Waals surface area contributed by atoms with Crippen molar-refractivity contribution in [2.75, 3.05) is 6.54 Å². The van der Waals surface area contributed by atoms with E-state index in [1.54, 1.807) is 0 Å². The van der Waals surface area contributed by atoms with Gasteiger partial charge < -0.3 is 26.8 Å². The van der Waals surface area contributed by atoms with Gasteiger partial charge in [-0.2, -0.15) is 0 Å². The first-order chi connectivity index (χ1) is 9.18. The summed E-state index contributed by atoms with van der Waals surface area (Å²) >= 11 is 0. The van der Waals surface area contributed by atoms with E-state index < -0.39 is 17.9 Å². The molecular weight excluding hydrogens is 268 g/mol. The minimum atomic E-state index is -1.37. The zero-order valence-corrected chi connectivity index (χ0v) is 10.7. The van der Waals surface area contributed by atoms with E-state index in [2.05, 4.69) is 0 Å². The fourth-order valence-corrected chi connectivity index (χ4v) is 0.998. The lowest BCUT2D eigenvalue weighted by Gasteiger charge is -2.00. The Balaban J connectivity index is 0.000000621. The molecule has 110 valence electrons. The first kappa shape index (κ1) is 17.6. The van der Waals surface area contributed by atoms with Crippen molar-refractivity contribution in [3.05, 3.63) is 34.9 Å². The highest BCUT2D eigenvalue weighted by Crippen LogP contribution is 2.11. The molecule has 0 aliphatic heterocycles. The van der Waals surface area contributed by atoms with Crippen molar-refractivity contribution in [3.63, 3.8) is 0 Å². The second-order valence-corrected chi connectivity index (χ2v) is 3.93. The summed E-state index contributed by atoms with van der Waals surface area (Å²) in [6.07, 6.45) is 0. The van der Waals surface area contributed by atoms with Crippen LogP contribution < -0.4 is 11.5 Å². The third kappa shape index (κ3) is 5.94. The number of carboxylic acid groups (broad SMARTS) is 3. The van der Waals surface area contributed by atoms with Crippen LogP contribution in [-0.2, 0) is 0 Å². The van der Waals surface area contributed by atoms with Gasteiger partial charge in [0.05, 0.1) is 16.7 Å². The number of aromatic carboxylic acids is 3. The Kier molecular flexibility index (Phi) is 6.91. The molecule has 0 radical (unpaired) electrons. The molecule has 0 spiro atoms. The first-order valence-electron chi connectivity index (χ1n) is 5.49. The highest BCUT2D eigenvalue weighted by molar-refractivity contribution is 5.98. The number of carboxylic acids is 3. The van der Waals surface area contributed by atoms with E-state index in [1.807, 2.05) is 6.92 Å². The van der Waals surface area contributed by atoms with Crippen molar-refractivity contribution in [2.45, 2.75) is 13.0 Å². The van der Waals surface area contributed by atoms with Crippen molar-refractivity contribution >= 4 is 17.9 Å². The quantitative estimate of drug-likeness (QED) is 0.518. The Bertz CT molecular complexity index is 434. The fourth-order valence-electron chi connectivity index (χ4n) is 0.998. The summed E-state index contributed by atoms with van der Waals surface area (Å²) in [4.78, 5) is 31.7. The molecule has 0 fully saturated rings. The zero-order chi connectivity index (χ0) is 15.9. The molecule has 1 unspecified atom stereocenters. The molecule has 0 amide bonds. The Hall–Kier alpha value is -2.45. The van der Waals surface area contributed by atoms with Crippen LogP contribution in [0, 0.1) is 0 Å². The summed E-state index contributed by atoms with van der Waals surface area (Å²) in [5.74, 6) is -4.12. The molecule has 0 aliphatic carbocycles. The molecule has 20 heavy (non-hydrogen) atoms. The number of carbonyl (C=O) groups is 3. The molecule has 0 saturated heterocycles. The molecule has 8 nitrogen and oxygen atoms in total. The molecule has 1 atom stereocenters. The van der Waals surface area contributed by atoms with E-state index in [9.17, 15) is 14.4 Å². The Morgan fingerprint density at radius 3 is 1.25 bits per heavy atom. The number of rotatable bonds is 4. The zero-order valence-electron chi connectivity index (χ0n) is 10.7. The lowest BCUT2D eigenvalue weighted by Crippen LogP contribution is -2.25. The van der Waals surface area contributed by atoms with Gasteiger partial charge in [-0.1, -0.05) is 0 Å². The molecule has 0 aliphatic rings. The minimum absolute atomic E-state index is 0.162. The monoisotopic (exact) mass is 284 g/mol. The van der Waals surface area contributed by atoms with E-state index in [4.69, 9.17) is 26.8 Å². The van der Waals surface area contributed by atoms with Crippen LogP contribution in [0.3, 0.4) is 0 Å². The van der Waals surface area contributed by atoms with Crippen LogP contribution in [-0.4, -0.2) is 45.8 Å². The summed E-state index contributed by atoms with van der Waals surface area (Å²) in [5, 5.41) is 25.8. The predicted octanol–water partition coefficient (Wildman–Crippen LogP) is 0.0735. The van der Waals surface area contributed by atoms with Crippen LogP contribution in [0.5, 0.6) is 0 Å². The van der Waals surface area contributed by atoms with Crippen LogP contribution in [0.15, 0.2) is 18.2 Å². The molecule has 1 aromatic rings. The van der Waals surface area contributed by atoms with E-state index in [0.717, 1.165) is 18.2 Å². The Labute approximate surface area is 114 Å². The second-order valence-electron chi connectivity index (χ2n) is 3.93. The maximum atomic E-state index is 10.6. The van der Waals surface area contributed by atoms with Crippen LogP contribution in [0.4, 0.5) is 0 Å². The van der Waals surface area contributed by atoms with Crippen LogP contribution in [0.1, 0.15) is 38.0 Å². The molecule has 1 aromatic carbocycles. The largest absolute Gasteiger partial charge is 0.478 e. The molecule has 1 rings (SSSR count). The minimum Gasteiger partial charge on any atom is -0.478 e. The number of benzene rings is 1. The molecule has 8 heteroatoms. The van der Waals surface area contributed by atoms with Gasteiger partial charge in [-0.25, -0.2) is 14.4 Å². The number of hydrogen-bond acceptors (Lipinski definition) is 5. The van der Waals surface area contributed by atoms with E-state index in [-0.39, 0.29) is 22.7 Å². The van der Waals surface area contributed by atoms with Crippen molar-refractivity contribution in [2.24, 2.45) is 11.5 Å². The maximum Gasteiger partial charge on any atom is 0.335 e. The lowest BCUT2D eigenvalue weighted by atomic mass is 10.1. The van der Waals surface area contributed by atoms with Crippen LogP contribution in [0.2, 0.25) is 0 Å². The van der Waals surface area contributed by atoms with Crippen molar-refractivity contribution in [1.29, 1.82) is 0 Å². The lowest BCUT2D eigenvalue weighted by molar-refractivity contribution is 0.0696. The molecule has 7 N–H and O–H groups in total. The number of hydrogen-bond donors (Lipinski definition) is 5. The average molecular weight is 284 g/mol. The molecular formula is C12H16N2O6. The standard InChI is InChI=1S/C9H6O6.C3H10N2/c10-7(11)4-1-5(8(12)13)3-6(2-4)9(14)15;1-3(5)2-4/h1-3H,(H,10,11)(H,12,13)(H,14,15);3H,2,4-5H2,1H3. The second kappa shape index (κ2) is 7.87. The molecule has 0 heterocycles. The van der Waals surface area contributed by atoms with Gasteiger partial charge in [0.2, 0.25) is 0 Å². The highest BCUT2D eigenvalue weighted by Gasteiger charge is 2.14. The normalized spacial score (nSPS) is 10.9. The van der Waals surface area contributed by atoms with Crippen molar-refractivity contribution in [1.82, 2.24) is 0 Å². The van der Waals surface area contributed by atoms with E-state index >= 15 is 0 Å². The molecule has 0 aromatic heterocycles. The maximum absolute atomic E-state index is 10.6. The summed E-state index contributed by atoms with van der Waals surface area (Å²) in [7, 11) is 0. The van der Waals surface area contributed by atoms with Gasteiger partial charge in [-0.05, 0) is 25.1 Å². The average Bonchev–Trinajstić information content (AvgIpc) is 2.38. The number of nitrogens with two attached hydrogens (primary N) is 2. The Morgan fingerprint density at radius 1 is 0.950 bits per heavy atom. The molecule has 0 bridgehead atoms. The van der Waals surface area contributed by atoms with Gasteiger partial charge in [0.25, 0.3) is 0 Å². The van der Waals surface area contributed by atoms with E-state index in [0.29, 0.717) is 6.54 Å². The van der Waals surface area contributed by atoms with Gasteiger partial charge in [0.15, 0.2) is 0 Å². The van der Waals surface area contributed by atoms with Crippen molar-refractivity contribution < 1.29 is 29.7 Å². The SMILES string of the molecule is CC(N)CN.O=C(O)c1cc(C(=O)O)cc(C(=O)O)c1. The van der Waals surface area contributed by atoms with E-state index in [1.165, 1.54) is 0 Å². The van der Waals surface area contributed by atoms with Gasteiger partial charge in [0, 0.05) is 12.6 Å². The van der Waals surface area contributed by atoms with Gasteiger partial charge in [-0.3, -0.25) is 0 Å². The first-order valence-corrected chi connectivity index (χ1v) is 5.49. The van der Waals surface area contributed by atoms with Gasteiger partial charge >= 0.3 is 17.9 Å². The predicted molar refractivity (Wildman–Crippen MR) is 70.0 cm³/mol. The highest BCUT2D eigenvalue weighted by atomic mass is 16.4. The summed E-state index contributed by atoms with van der Waals surface area (Å²) < 4.78 is 0. The Morgan fingerprint density at radius 2 is 1.15 bits per heavy atom. The topological polar surface area (TPSA) is 164 Å². The smallest absolute Gasteiger partial charge is 0.335 e. The molecule has 0 saturated carbocycles. The van der Waals surface area contributed by atoms with Crippen molar-refractivity contribution in [3.8, 4) is 0 Å². The third-order valence-corrected chi connectivity index (χ3v) is 2.05. The summed E-state index contributed by atoms with van der Waals surface area (Å²) in [6.45, 7) is 2.46. The fraction of sp³-hybridized carbons (Fsp3) is 0.250. The van der Waals surface area contributed by atoms with Crippen LogP contribution >= 0.6 is 0 Å². The summed E-state index contributed by atoms with van der Waals surface area (Å²) in [6, 6.07) is 2.86. The third-order valence-electron chi connectivity index (χ3n) is 2.05. The van der Waals surface area contributed by atoms with Crippen LogP contribution in [0.25, 0.3) is 0 Å². The van der Waals surface area contributed by atoms with Gasteiger partial charge in [-0.15, -0.1) is 0 Å². The summed E-state index contributed by atoms with van der Waals surface area (Å²) in [5.41, 5.74) is 9.11. The van der Waals surface area contributed by atoms with Gasteiger partial charge in [0.1, 0.15) is 0 Å².